The molecule has 2 heterocycles. The number of carbonyl (C=O) groups excluding carboxylic acids is 1. The molecular weight excluding hydrogens is 266 g/mol. The third-order valence-corrected chi connectivity index (χ3v) is 3.59. The van der Waals surface area contributed by atoms with E-state index < -0.39 is 6.10 Å². The zero-order valence-corrected chi connectivity index (χ0v) is 12.2. The van der Waals surface area contributed by atoms with Crippen molar-refractivity contribution >= 4 is 17.4 Å². The lowest BCUT2D eigenvalue weighted by molar-refractivity contribution is -0.0168. The van der Waals surface area contributed by atoms with Crippen LogP contribution < -0.4 is 0 Å². The Morgan fingerprint density at radius 2 is 2.37 bits per heavy atom. The van der Waals surface area contributed by atoms with Gasteiger partial charge in [0.25, 0.3) is 0 Å². The molecule has 1 aromatic rings. The van der Waals surface area contributed by atoms with Crippen LogP contribution in [0.2, 0.25) is 5.02 Å². The summed E-state index contributed by atoms with van der Waals surface area (Å²) in [5.74, 6) is -0.0647. The topological polar surface area (TPSA) is 47.4 Å². The van der Waals surface area contributed by atoms with E-state index in [1.54, 1.807) is 4.68 Å². The quantitative estimate of drug-likeness (QED) is 0.775. The first-order chi connectivity index (χ1) is 9.17. The summed E-state index contributed by atoms with van der Waals surface area (Å²) in [7, 11) is 0. The van der Waals surface area contributed by atoms with Gasteiger partial charge in [0.15, 0.2) is 0 Å². The van der Waals surface area contributed by atoms with Gasteiger partial charge in [-0.15, -0.1) is 0 Å². The largest absolute Gasteiger partial charge is 0.367 e. The Balaban J connectivity index is 2.12. The molecule has 1 unspecified atom stereocenters. The van der Waals surface area contributed by atoms with Crippen molar-refractivity contribution in [2.45, 2.75) is 32.9 Å². The highest BCUT2D eigenvalue weighted by Gasteiger charge is 2.30. The fourth-order valence-electron chi connectivity index (χ4n) is 2.38. The van der Waals surface area contributed by atoms with Gasteiger partial charge in [0, 0.05) is 19.6 Å². The Bertz CT molecular complexity index is 445. The van der Waals surface area contributed by atoms with E-state index in [1.165, 1.54) is 6.20 Å². The van der Waals surface area contributed by atoms with Gasteiger partial charge in [-0.25, -0.2) is 0 Å². The van der Waals surface area contributed by atoms with Crippen LogP contribution in [0, 0.1) is 0 Å². The van der Waals surface area contributed by atoms with Crippen LogP contribution in [-0.4, -0.2) is 52.8 Å². The lowest BCUT2D eigenvalue weighted by Crippen LogP contribution is -2.46. The Kier molecular flexibility index (Phi) is 4.96. The van der Waals surface area contributed by atoms with E-state index >= 15 is 0 Å². The predicted molar refractivity (Wildman–Crippen MR) is 73.7 cm³/mol. The maximum atomic E-state index is 12.5. The molecule has 19 heavy (non-hydrogen) atoms. The molecule has 6 heteroatoms. The maximum absolute atomic E-state index is 12.5. The number of nitrogens with zero attached hydrogens (tertiary/aromatic N) is 3. The van der Waals surface area contributed by atoms with E-state index in [4.69, 9.17) is 16.3 Å². The summed E-state index contributed by atoms with van der Waals surface area (Å²) in [6.07, 6.45) is 2.17. The second kappa shape index (κ2) is 6.50. The number of ether oxygens (including phenoxy) is 1. The first-order valence-electron chi connectivity index (χ1n) is 6.76. The van der Waals surface area contributed by atoms with E-state index in [0.29, 0.717) is 30.4 Å². The maximum Gasteiger partial charge on any atom is 0.212 e. The molecule has 0 amide bonds. The van der Waals surface area contributed by atoms with Gasteiger partial charge in [-0.2, -0.15) is 5.10 Å². The Morgan fingerprint density at radius 3 is 3.05 bits per heavy atom. The summed E-state index contributed by atoms with van der Waals surface area (Å²) < 4.78 is 7.24. The molecule has 0 N–H and O–H groups in total. The molecule has 1 saturated heterocycles. The van der Waals surface area contributed by atoms with E-state index in [-0.39, 0.29) is 5.78 Å². The zero-order valence-electron chi connectivity index (χ0n) is 11.4. The smallest absolute Gasteiger partial charge is 0.212 e. The van der Waals surface area contributed by atoms with E-state index in [1.807, 2.05) is 6.92 Å². The normalized spacial score (nSPS) is 20.7. The second-order valence-electron chi connectivity index (χ2n) is 4.68. The SMILES string of the molecule is CCCN1CCOC(C(=O)c2c(Cl)cnn2CC)C1. The van der Waals surface area contributed by atoms with Crippen molar-refractivity contribution in [2.75, 3.05) is 26.2 Å². The number of hydrogen-bond donors (Lipinski definition) is 0. The number of aryl methyl sites for hydroxylation is 1. The highest BCUT2D eigenvalue weighted by atomic mass is 35.5. The molecule has 1 aliphatic rings. The average Bonchev–Trinajstić information content (AvgIpc) is 2.80. The standard InChI is InChI=1S/C13H20ClN3O2/c1-3-5-16-6-7-19-11(9-16)13(18)12-10(14)8-15-17(12)4-2/h8,11H,3-7,9H2,1-2H3. The minimum Gasteiger partial charge on any atom is -0.367 e. The van der Waals surface area contributed by atoms with Crippen molar-refractivity contribution in [1.82, 2.24) is 14.7 Å². The van der Waals surface area contributed by atoms with Crippen LogP contribution in [0.1, 0.15) is 30.8 Å². The van der Waals surface area contributed by atoms with Gasteiger partial charge < -0.3 is 4.74 Å². The van der Waals surface area contributed by atoms with Crippen molar-refractivity contribution < 1.29 is 9.53 Å². The molecule has 0 spiro atoms. The van der Waals surface area contributed by atoms with Crippen molar-refractivity contribution in [3.63, 3.8) is 0 Å². The van der Waals surface area contributed by atoms with Crippen LogP contribution in [0.25, 0.3) is 0 Å². The molecule has 1 fully saturated rings. The number of Topliss-reactive ketones (excluding diaryl/α,β-unsaturated/α-hetero) is 1. The molecule has 0 bridgehead atoms. The summed E-state index contributed by atoms with van der Waals surface area (Å²) in [5, 5.41) is 4.51. The average molecular weight is 286 g/mol. The molecule has 2 rings (SSSR count). The van der Waals surface area contributed by atoms with Crippen molar-refractivity contribution in [3.8, 4) is 0 Å². The lowest BCUT2D eigenvalue weighted by atomic mass is 10.1. The van der Waals surface area contributed by atoms with Gasteiger partial charge in [0.2, 0.25) is 5.78 Å². The van der Waals surface area contributed by atoms with Crippen molar-refractivity contribution in [2.24, 2.45) is 0 Å². The molecule has 0 aromatic carbocycles. The van der Waals surface area contributed by atoms with Crippen LogP contribution in [0.4, 0.5) is 0 Å². The molecule has 5 nitrogen and oxygen atoms in total. The number of carbonyl (C=O) groups is 1. The number of aromatic nitrogens is 2. The molecule has 106 valence electrons. The Hall–Kier alpha value is -0.910. The first kappa shape index (κ1) is 14.5. The van der Waals surface area contributed by atoms with Gasteiger partial charge in [0.05, 0.1) is 17.8 Å². The lowest BCUT2D eigenvalue weighted by Gasteiger charge is -2.31. The first-order valence-corrected chi connectivity index (χ1v) is 7.14. The molecule has 1 aliphatic heterocycles. The summed E-state index contributed by atoms with van der Waals surface area (Å²) in [5.41, 5.74) is 0.465. The number of hydrogen-bond acceptors (Lipinski definition) is 4. The van der Waals surface area contributed by atoms with Gasteiger partial charge in [-0.05, 0) is 19.9 Å². The molecule has 1 atom stereocenters. The van der Waals surface area contributed by atoms with Crippen LogP contribution in [0.3, 0.4) is 0 Å². The van der Waals surface area contributed by atoms with Crippen molar-refractivity contribution in [1.29, 1.82) is 0 Å². The molecule has 1 aromatic heterocycles. The second-order valence-corrected chi connectivity index (χ2v) is 5.09. The third kappa shape index (κ3) is 3.16. The van der Waals surface area contributed by atoms with E-state index in [0.717, 1.165) is 19.5 Å². The summed E-state index contributed by atoms with van der Waals surface area (Å²) in [4.78, 5) is 14.8. The Morgan fingerprint density at radius 1 is 1.58 bits per heavy atom. The van der Waals surface area contributed by atoms with Crippen molar-refractivity contribution in [3.05, 3.63) is 16.9 Å². The summed E-state index contributed by atoms with van der Waals surface area (Å²) >= 11 is 6.06. The van der Waals surface area contributed by atoms with Crippen LogP contribution in [-0.2, 0) is 11.3 Å². The number of rotatable bonds is 5. The zero-order chi connectivity index (χ0) is 13.8. The van der Waals surface area contributed by atoms with Gasteiger partial charge in [-0.3, -0.25) is 14.4 Å². The number of ketones is 1. The molecule has 0 aliphatic carbocycles. The van der Waals surface area contributed by atoms with E-state index in [9.17, 15) is 4.79 Å². The molecule has 0 radical (unpaired) electrons. The summed E-state index contributed by atoms with van der Waals surface area (Å²) in [6.45, 7) is 7.80. The monoisotopic (exact) mass is 285 g/mol. The van der Waals surface area contributed by atoms with Gasteiger partial charge in [-0.1, -0.05) is 18.5 Å². The highest BCUT2D eigenvalue weighted by Crippen LogP contribution is 2.20. The highest BCUT2D eigenvalue weighted by molar-refractivity contribution is 6.33. The van der Waals surface area contributed by atoms with Crippen LogP contribution >= 0.6 is 11.6 Å². The number of halogens is 1. The fraction of sp³-hybridized carbons (Fsp3) is 0.692. The fourth-order valence-corrected chi connectivity index (χ4v) is 2.61. The van der Waals surface area contributed by atoms with Crippen LogP contribution in [0.5, 0.6) is 0 Å². The van der Waals surface area contributed by atoms with E-state index in [2.05, 4.69) is 16.9 Å². The van der Waals surface area contributed by atoms with Gasteiger partial charge in [0.1, 0.15) is 11.8 Å². The third-order valence-electron chi connectivity index (χ3n) is 3.31. The van der Waals surface area contributed by atoms with Gasteiger partial charge >= 0.3 is 0 Å². The van der Waals surface area contributed by atoms with Crippen LogP contribution in [0.15, 0.2) is 6.20 Å². The molecular formula is C13H20ClN3O2. The minimum absolute atomic E-state index is 0.0647. The molecule has 0 saturated carbocycles. The predicted octanol–water partition coefficient (Wildman–Crippen LogP) is 1.85. The number of morpholine rings is 1. The minimum atomic E-state index is -0.431. The summed E-state index contributed by atoms with van der Waals surface area (Å²) in [6, 6.07) is 0. The Labute approximate surface area is 118 Å².